The SMILES string of the molecule is Cc1nn(C)c(C)c1C(C)NC(=O)NC1CCCC1. The average Bonchev–Trinajstić information content (AvgIpc) is 2.88. The van der Waals surface area contributed by atoms with Crippen molar-refractivity contribution in [3.8, 4) is 0 Å². The van der Waals surface area contributed by atoms with Crippen molar-refractivity contribution in [1.29, 1.82) is 0 Å². The second-order valence-electron chi connectivity index (χ2n) is 5.53. The van der Waals surface area contributed by atoms with Crippen LogP contribution < -0.4 is 10.6 Å². The number of nitrogens with one attached hydrogen (secondary N) is 2. The quantitative estimate of drug-likeness (QED) is 0.880. The molecule has 5 nitrogen and oxygen atoms in total. The lowest BCUT2D eigenvalue weighted by atomic mass is 10.1. The van der Waals surface area contributed by atoms with Crippen LogP contribution in [0, 0.1) is 13.8 Å². The van der Waals surface area contributed by atoms with Gasteiger partial charge in [0.2, 0.25) is 0 Å². The summed E-state index contributed by atoms with van der Waals surface area (Å²) in [6, 6.07) is 0.264. The van der Waals surface area contributed by atoms with Gasteiger partial charge in [-0.05, 0) is 33.6 Å². The van der Waals surface area contributed by atoms with Crippen LogP contribution in [0.25, 0.3) is 0 Å². The summed E-state index contributed by atoms with van der Waals surface area (Å²) in [6.45, 7) is 6.02. The fraction of sp³-hybridized carbons (Fsp3) is 0.714. The summed E-state index contributed by atoms with van der Waals surface area (Å²) in [6.07, 6.45) is 4.65. The highest BCUT2D eigenvalue weighted by Crippen LogP contribution is 2.21. The van der Waals surface area contributed by atoms with E-state index < -0.39 is 0 Å². The van der Waals surface area contributed by atoms with Gasteiger partial charge < -0.3 is 10.6 Å². The monoisotopic (exact) mass is 264 g/mol. The van der Waals surface area contributed by atoms with Gasteiger partial charge in [0, 0.05) is 24.3 Å². The van der Waals surface area contributed by atoms with Gasteiger partial charge in [-0.3, -0.25) is 4.68 Å². The second-order valence-corrected chi connectivity index (χ2v) is 5.53. The third-order valence-corrected chi connectivity index (χ3v) is 4.04. The predicted molar refractivity (Wildman–Crippen MR) is 75.0 cm³/mol. The van der Waals surface area contributed by atoms with Crippen molar-refractivity contribution >= 4 is 6.03 Å². The van der Waals surface area contributed by atoms with E-state index in [1.165, 1.54) is 12.8 Å². The maximum atomic E-state index is 12.0. The Hall–Kier alpha value is -1.52. The van der Waals surface area contributed by atoms with Crippen LogP contribution in [0.3, 0.4) is 0 Å². The van der Waals surface area contributed by atoms with Crippen molar-refractivity contribution in [3.05, 3.63) is 17.0 Å². The van der Waals surface area contributed by atoms with Crippen LogP contribution in [0.15, 0.2) is 0 Å². The number of hydrogen-bond donors (Lipinski definition) is 2. The third-order valence-electron chi connectivity index (χ3n) is 4.04. The fourth-order valence-corrected chi connectivity index (χ4v) is 2.98. The van der Waals surface area contributed by atoms with Crippen molar-refractivity contribution in [2.45, 2.75) is 58.5 Å². The maximum absolute atomic E-state index is 12.0. The highest BCUT2D eigenvalue weighted by Gasteiger charge is 2.21. The molecule has 1 aliphatic rings. The normalized spacial score (nSPS) is 17.5. The van der Waals surface area contributed by atoms with Gasteiger partial charge in [0.25, 0.3) is 0 Å². The van der Waals surface area contributed by atoms with Gasteiger partial charge in [-0.15, -0.1) is 0 Å². The number of amides is 2. The lowest BCUT2D eigenvalue weighted by Gasteiger charge is -2.18. The Morgan fingerprint density at radius 3 is 2.53 bits per heavy atom. The number of nitrogens with zero attached hydrogens (tertiary/aromatic N) is 2. The largest absolute Gasteiger partial charge is 0.335 e. The van der Waals surface area contributed by atoms with E-state index in [1.54, 1.807) is 0 Å². The molecular formula is C14H24N4O. The Labute approximate surface area is 114 Å². The Kier molecular flexibility index (Phi) is 4.12. The molecule has 1 aromatic rings. The van der Waals surface area contributed by atoms with Crippen molar-refractivity contribution in [3.63, 3.8) is 0 Å². The second kappa shape index (κ2) is 5.63. The van der Waals surface area contributed by atoms with E-state index >= 15 is 0 Å². The Morgan fingerprint density at radius 2 is 2.00 bits per heavy atom. The van der Waals surface area contributed by atoms with Crippen LogP contribution in [0.4, 0.5) is 4.79 Å². The summed E-state index contributed by atoms with van der Waals surface area (Å²) < 4.78 is 1.86. The predicted octanol–water partition coefficient (Wildman–Crippen LogP) is 2.34. The molecule has 1 unspecified atom stereocenters. The zero-order valence-electron chi connectivity index (χ0n) is 12.3. The molecule has 0 aromatic carbocycles. The van der Waals surface area contributed by atoms with Gasteiger partial charge in [-0.2, -0.15) is 5.10 Å². The molecule has 1 aromatic heterocycles. The maximum Gasteiger partial charge on any atom is 0.315 e. The summed E-state index contributed by atoms with van der Waals surface area (Å²) in [5, 5.41) is 10.4. The average molecular weight is 264 g/mol. The molecule has 1 aliphatic carbocycles. The number of hydrogen-bond acceptors (Lipinski definition) is 2. The van der Waals surface area contributed by atoms with Crippen LogP contribution in [0.2, 0.25) is 0 Å². The number of carbonyl (C=O) groups excluding carboxylic acids is 1. The van der Waals surface area contributed by atoms with Crippen LogP contribution in [0.5, 0.6) is 0 Å². The topological polar surface area (TPSA) is 59.0 Å². The molecule has 0 saturated heterocycles. The fourth-order valence-electron chi connectivity index (χ4n) is 2.98. The van der Waals surface area contributed by atoms with E-state index in [4.69, 9.17) is 0 Å². The number of aryl methyl sites for hydroxylation is 2. The van der Waals surface area contributed by atoms with Gasteiger partial charge in [0.15, 0.2) is 0 Å². The molecule has 1 fully saturated rings. The van der Waals surface area contributed by atoms with E-state index in [0.29, 0.717) is 6.04 Å². The van der Waals surface area contributed by atoms with E-state index in [9.17, 15) is 4.79 Å². The van der Waals surface area contributed by atoms with Crippen molar-refractivity contribution in [2.24, 2.45) is 7.05 Å². The Morgan fingerprint density at radius 1 is 1.37 bits per heavy atom. The minimum absolute atomic E-state index is 0.0184. The van der Waals surface area contributed by atoms with Crippen LogP contribution in [-0.4, -0.2) is 21.9 Å². The van der Waals surface area contributed by atoms with Gasteiger partial charge in [0.1, 0.15) is 0 Å². The first-order valence-electron chi connectivity index (χ1n) is 7.06. The lowest BCUT2D eigenvalue weighted by Crippen LogP contribution is -2.42. The van der Waals surface area contributed by atoms with Gasteiger partial charge in [0.05, 0.1) is 11.7 Å². The number of urea groups is 1. The Balaban J connectivity index is 1.96. The molecule has 1 heterocycles. The number of carbonyl (C=O) groups is 1. The first-order valence-corrected chi connectivity index (χ1v) is 7.06. The molecule has 2 rings (SSSR count). The molecule has 0 bridgehead atoms. The standard InChI is InChI=1S/C14H24N4O/c1-9(13-10(2)17-18(4)11(13)3)15-14(19)16-12-7-5-6-8-12/h9,12H,5-8H2,1-4H3,(H2,15,16,19). The summed E-state index contributed by atoms with van der Waals surface area (Å²) in [5.41, 5.74) is 3.20. The minimum Gasteiger partial charge on any atom is -0.335 e. The summed E-state index contributed by atoms with van der Waals surface area (Å²) in [7, 11) is 1.93. The zero-order valence-corrected chi connectivity index (χ0v) is 12.3. The van der Waals surface area contributed by atoms with Gasteiger partial charge >= 0.3 is 6.03 Å². The van der Waals surface area contributed by atoms with E-state index in [2.05, 4.69) is 15.7 Å². The van der Waals surface area contributed by atoms with Crippen LogP contribution >= 0.6 is 0 Å². The van der Waals surface area contributed by atoms with Crippen LogP contribution in [0.1, 0.15) is 55.6 Å². The molecule has 1 saturated carbocycles. The highest BCUT2D eigenvalue weighted by molar-refractivity contribution is 5.74. The Bertz CT molecular complexity index is 460. The molecule has 2 N–H and O–H groups in total. The molecule has 0 spiro atoms. The molecule has 0 aliphatic heterocycles. The molecule has 2 amide bonds. The molecular weight excluding hydrogens is 240 g/mol. The number of aromatic nitrogens is 2. The number of rotatable bonds is 3. The van der Waals surface area contributed by atoms with Crippen molar-refractivity contribution in [2.75, 3.05) is 0 Å². The first-order chi connectivity index (χ1) is 8.99. The lowest BCUT2D eigenvalue weighted by molar-refractivity contribution is 0.234. The van der Waals surface area contributed by atoms with Gasteiger partial charge in [-0.25, -0.2) is 4.79 Å². The highest BCUT2D eigenvalue weighted by atomic mass is 16.2. The molecule has 0 radical (unpaired) electrons. The van der Waals surface area contributed by atoms with Crippen molar-refractivity contribution in [1.82, 2.24) is 20.4 Å². The molecule has 19 heavy (non-hydrogen) atoms. The van der Waals surface area contributed by atoms with E-state index in [-0.39, 0.29) is 12.1 Å². The van der Waals surface area contributed by atoms with Crippen LogP contribution in [-0.2, 0) is 7.05 Å². The third kappa shape index (κ3) is 3.08. The molecule has 106 valence electrons. The van der Waals surface area contributed by atoms with Crippen molar-refractivity contribution < 1.29 is 4.79 Å². The molecule has 1 atom stereocenters. The smallest absolute Gasteiger partial charge is 0.315 e. The zero-order chi connectivity index (χ0) is 14.0. The molecule has 5 heteroatoms. The van der Waals surface area contributed by atoms with E-state index in [1.807, 2.05) is 32.5 Å². The van der Waals surface area contributed by atoms with Gasteiger partial charge in [-0.1, -0.05) is 12.8 Å². The summed E-state index contributed by atoms with van der Waals surface area (Å²) in [4.78, 5) is 12.0. The summed E-state index contributed by atoms with van der Waals surface area (Å²) >= 11 is 0. The minimum atomic E-state index is -0.0675. The summed E-state index contributed by atoms with van der Waals surface area (Å²) in [5.74, 6) is 0. The van der Waals surface area contributed by atoms with E-state index in [0.717, 1.165) is 29.8 Å². The first kappa shape index (κ1) is 13.9.